The van der Waals surface area contributed by atoms with Gasteiger partial charge in [-0.3, -0.25) is 0 Å². The van der Waals surface area contributed by atoms with E-state index in [1.165, 1.54) is 6.39 Å². The third-order valence-corrected chi connectivity index (χ3v) is 5.22. The highest BCUT2D eigenvalue weighted by Crippen LogP contribution is 2.37. The molecule has 26 heavy (non-hydrogen) atoms. The summed E-state index contributed by atoms with van der Waals surface area (Å²) in [6.45, 7) is 8.59. The van der Waals surface area contributed by atoms with Crippen LogP contribution >= 0.6 is 0 Å². The summed E-state index contributed by atoms with van der Waals surface area (Å²) < 4.78 is 23.9. The topological polar surface area (TPSA) is 53.7 Å². The van der Waals surface area contributed by atoms with Gasteiger partial charge < -0.3 is 18.5 Å². The van der Waals surface area contributed by atoms with Crippen LogP contribution in [0.4, 0.5) is 0 Å². The number of ether oxygens (including phenoxy) is 1. The molecule has 0 saturated carbocycles. The van der Waals surface area contributed by atoms with Crippen LogP contribution in [-0.4, -0.2) is 23.3 Å². The van der Waals surface area contributed by atoms with E-state index in [0.29, 0.717) is 23.5 Å². The summed E-state index contributed by atoms with van der Waals surface area (Å²) in [6, 6.07) is 13.8. The molecule has 1 saturated heterocycles. The van der Waals surface area contributed by atoms with Gasteiger partial charge in [0, 0.05) is 5.46 Å². The molecule has 0 bridgehead atoms. The molecule has 0 radical (unpaired) electrons. The summed E-state index contributed by atoms with van der Waals surface area (Å²) in [5.41, 5.74) is 2.41. The van der Waals surface area contributed by atoms with Gasteiger partial charge in [0.05, 0.1) is 11.2 Å². The largest absolute Gasteiger partial charge is 0.498 e. The number of hydrogen-bond acceptors (Lipinski definition) is 5. The Balaban J connectivity index is 1.62. The van der Waals surface area contributed by atoms with Crippen molar-refractivity contribution in [1.29, 1.82) is 0 Å². The van der Waals surface area contributed by atoms with Crippen LogP contribution in [-0.2, 0) is 15.9 Å². The van der Waals surface area contributed by atoms with E-state index in [4.69, 9.17) is 18.5 Å². The summed E-state index contributed by atoms with van der Waals surface area (Å²) in [5, 5.41) is 0. The fourth-order valence-corrected chi connectivity index (χ4v) is 2.95. The fourth-order valence-electron chi connectivity index (χ4n) is 2.95. The van der Waals surface area contributed by atoms with Crippen molar-refractivity contribution in [2.24, 2.45) is 0 Å². The summed E-state index contributed by atoms with van der Waals surface area (Å²) in [6.07, 6.45) is 1.43. The van der Waals surface area contributed by atoms with Crippen molar-refractivity contribution >= 4 is 23.7 Å². The Morgan fingerprint density at radius 1 is 0.962 bits per heavy atom. The molecular weight excluding hydrogens is 329 g/mol. The smallest absolute Gasteiger partial charge is 0.486 e. The number of fused-ring (bicyclic) bond motifs is 1. The quantitative estimate of drug-likeness (QED) is 0.671. The summed E-state index contributed by atoms with van der Waals surface area (Å²) in [7, 11) is -0.501. The van der Waals surface area contributed by atoms with Crippen molar-refractivity contribution in [3.63, 3.8) is 0 Å². The Labute approximate surface area is 153 Å². The van der Waals surface area contributed by atoms with Gasteiger partial charge in [0.25, 0.3) is 0 Å². The van der Waals surface area contributed by atoms with E-state index in [1.807, 2.05) is 70.2 Å². The molecule has 134 valence electrons. The molecule has 0 unspecified atom stereocenters. The molecule has 6 heteroatoms. The summed E-state index contributed by atoms with van der Waals surface area (Å²) in [5.74, 6) is 0.679. The lowest BCUT2D eigenvalue weighted by Gasteiger charge is -2.32. The SMILES string of the molecule is CC1(C)OB(c2ccc(OCc3ccccc3)c3ncoc23)OC1(C)C. The van der Waals surface area contributed by atoms with E-state index in [2.05, 4.69) is 4.98 Å². The molecule has 5 nitrogen and oxygen atoms in total. The molecule has 3 aromatic rings. The number of benzene rings is 2. The van der Waals surface area contributed by atoms with Crippen LogP contribution in [0.15, 0.2) is 53.3 Å². The van der Waals surface area contributed by atoms with E-state index in [1.54, 1.807) is 0 Å². The van der Waals surface area contributed by atoms with Crippen LogP contribution in [0.25, 0.3) is 11.1 Å². The van der Waals surface area contributed by atoms with Crippen molar-refractivity contribution in [2.75, 3.05) is 0 Å². The van der Waals surface area contributed by atoms with Gasteiger partial charge in [-0.15, -0.1) is 0 Å². The number of hydrogen-bond donors (Lipinski definition) is 0. The van der Waals surface area contributed by atoms with Crippen LogP contribution in [0.3, 0.4) is 0 Å². The molecule has 0 N–H and O–H groups in total. The lowest BCUT2D eigenvalue weighted by molar-refractivity contribution is 0.00578. The van der Waals surface area contributed by atoms with E-state index in [9.17, 15) is 0 Å². The van der Waals surface area contributed by atoms with E-state index in [0.717, 1.165) is 11.0 Å². The van der Waals surface area contributed by atoms with Crippen molar-refractivity contribution in [3.05, 3.63) is 54.4 Å². The number of rotatable bonds is 4. The molecule has 1 aliphatic heterocycles. The lowest BCUT2D eigenvalue weighted by Crippen LogP contribution is -2.41. The Morgan fingerprint density at radius 3 is 2.35 bits per heavy atom. The van der Waals surface area contributed by atoms with Crippen molar-refractivity contribution in [2.45, 2.75) is 45.5 Å². The average molecular weight is 351 g/mol. The normalized spacial score (nSPS) is 18.4. The van der Waals surface area contributed by atoms with Gasteiger partial charge in [0.15, 0.2) is 17.5 Å². The predicted octanol–water partition coefficient (Wildman–Crippen LogP) is 3.71. The van der Waals surface area contributed by atoms with Gasteiger partial charge in [-0.05, 0) is 39.3 Å². The second-order valence-corrected chi connectivity index (χ2v) is 7.55. The highest BCUT2D eigenvalue weighted by Gasteiger charge is 2.52. The zero-order valence-electron chi connectivity index (χ0n) is 15.5. The molecule has 0 atom stereocenters. The molecule has 1 aliphatic rings. The monoisotopic (exact) mass is 351 g/mol. The molecule has 4 rings (SSSR count). The summed E-state index contributed by atoms with van der Waals surface area (Å²) in [4.78, 5) is 4.33. The molecule has 2 heterocycles. The first-order valence-electron chi connectivity index (χ1n) is 8.76. The maximum atomic E-state index is 6.15. The molecule has 1 aromatic heterocycles. The Hall–Kier alpha value is -2.31. The second kappa shape index (κ2) is 6.14. The summed E-state index contributed by atoms with van der Waals surface area (Å²) >= 11 is 0. The van der Waals surface area contributed by atoms with Crippen LogP contribution in [0.2, 0.25) is 0 Å². The lowest BCUT2D eigenvalue weighted by atomic mass is 9.78. The highest BCUT2D eigenvalue weighted by atomic mass is 16.7. The second-order valence-electron chi connectivity index (χ2n) is 7.55. The van der Waals surface area contributed by atoms with Crippen LogP contribution in [0, 0.1) is 0 Å². The first-order chi connectivity index (χ1) is 12.4. The maximum absolute atomic E-state index is 6.15. The van der Waals surface area contributed by atoms with Gasteiger partial charge in [-0.25, -0.2) is 4.98 Å². The fraction of sp³-hybridized carbons (Fsp3) is 0.350. The minimum Gasteiger partial charge on any atom is -0.486 e. The minimum absolute atomic E-state index is 0.410. The van der Waals surface area contributed by atoms with Gasteiger partial charge in [-0.2, -0.15) is 0 Å². The minimum atomic E-state index is -0.501. The molecular formula is C20H22BNO4. The first-order valence-corrected chi connectivity index (χ1v) is 8.76. The van der Waals surface area contributed by atoms with Crippen LogP contribution in [0.1, 0.15) is 33.3 Å². The third-order valence-electron chi connectivity index (χ3n) is 5.22. The number of oxazole rings is 1. The highest BCUT2D eigenvalue weighted by molar-refractivity contribution is 6.64. The molecule has 0 spiro atoms. The van der Waals surface area contributed by atoms with Crippen LogP contribution < -0.4 is 10.2 Å². The number of aromatic nitrogens is 1. The zero-order chi connectivity index (χ0) is 18.4. The molecule has 2 aromatic carbocycles. The van der Waals surface area contributed by atoms with Crippen LogP contribution in [0.5, 0.6) is 5.75 Å². The third kappa shape index (κ3) is 2.89. The molecule has 0 aliphatic carbocycles. The van der Waals surface area contributed by atoms with Crippen molar-refractivity contribution < 1.29 is 18.5 Å². The van der Waals surface area contributed by atoms with Gasteiger partial charge in [-0.1, -0.05) is 36.4 Å². The maximum Gasteiger partial charge on any atom is 0.498 e. The standard InChI is InChI=1S/C20H22BNO4/c1-19(2)20(3,4)26-21(25-19)15-10-11-16(17-18(15)24-13-22-17)23-12-14-8-6-5-7-9-14/h5-11,13H,12H2,1-4H3. The zero-order valence-corrected chi connectivity index (χ0v) is 15.5. The van der Waals surface area contributed by atoms with E-state index < -0.39 is 18.3 Å². The molecule has 0 amide bonds. The Morgan fingerprint density at radius 2 is 1.65 bits per heavy atom. The predicted molar refractivity (Wildman–Crippen MR) is 100 cm³/mol. The van der Waals surface area contributed by atoms with Crippen molar-refractivity contribution in [1.82, 2.24) is 4.98 Å². The van der Waals surface area contributed by atoms with E-state index >= 15 is 0 Å². The molecule has 1 fully saturated rings. The average Bonchev–Trinajstić information content (AvgIpc) is 3.16. The van der Waals surface area contributed by atoms with Gasteiger partial charge in [0.1, 0.15) is 12.4 Å². The van der Waals surface area contributed by atoms with Gasteiger partial charge in [0.2, 0.25) is 0 Å². The van der Waals surface area contributed by atoms with E-state index in [-0.39, 0.29) is 0 Å². The first kappa shape index (κ1) is 17.1. The van der Waals surface area contributed by atoms with Gasteiger partial charge >= 0.3 is 7.12 Å². The Bertz CT molecular complexity index is 904. The Kier molecular flexibility index (Phi) is 4.05. The van der Waals surface area contributed by atoms with Crippen molar-refractivity contribution in [3.8, 4) is 5.75 Å². The number of nitrogens with zero attached hydrogens (tertiary/aromatic N) is 1.